The summed E-state index contributed by atoms with van der Waals surface area (Å²) in [6.07, 6.45) is 7.53. The van der Waals surface area contributed by atoms with E-state index in [1.54, 1.807) is 0 Å². The van der Waals surface area contributed by atoms with E-state index in [2.05, 4.69) is 24.1 Å². The normalized spacial score (nSPS) is 29.3. The highest BCUT2D eigenvalue weighted by atomic mass is 14.9. The van der Waals surface area contributed by atoms with Gasteiger partial charge in [-0.1, -0.05) is 20.3 Å². The lowest BCUT2D eigenvalue weighted by Crippen LogP contribution is -2.20. The predicted octanol–water partition coefficient (Wildman–Crippen LogP) is 3.13. The molecule has 2 fully saturated rings. The summed E-state index contributed by atoms with van der Waals surface area (Å²) in [5.74, 6) is 4.26. The number of rotatable bonds is 5. The average Bonchev–Trinajstić information content (AvgIpc) is 3.01. The van der Waals surface area contributed by atoms with Gasteiger partial charge in [-0.2, -0.15) is 0 Å². The molecule has 3 rings (SSSR count). The number of hydrogen-bond donors (Lipinski definition) is 1. The Labute approximate surface area is 116 Å². The number of hydrogen-bond acceptors (Lipinski definition) is 3. The monoisotopic (exact) mass is 259 g/mol. The fourth-order valence-corrected chi connectivity index (χ4v) is 3.74. The number of nitrogens with one attached hydrogen (secondary N) is 1. The molecule has 1 heterocycles. The third kappa shape index (κ3) is 2.97. The molecule has 104 valence electrons. The summed E-state index contributed by atoms with van der Waals surface area (Å²) in [7, 11) is 0. The van der Waals surface area contributed by atoms with Gasteiger partial charge in [-0.15, -0.1) is 0 Å². The second-order valence-electron chi connectivity index (χ2n) is 6.71. The van der Waals surface area contributed by atoms with Gasteiger partial charge in [0.1, 0.15) is 5.82 Å². The maximum absolute atomic E-state index is 4.80. The van der Waals surface area contributed by atoms with Crippen molar-refractivity contribution in [3.8, 4) is 0 Å². The van der Waals surface area contributed by atoms with Crippen LogP contribution < -0.4 is 5.32 Å². The van der Waals surface area contributed by atoms with Crippen molar-refractivity contribution in [1.82, 2.24) is 15.3 Å². The van der Waals surface area contributed by atoms with E-state index in [-0.39, 0.29) is 0 Å². The van der Waals surface area contributed by atoms with Crippen LogP contribution in [0.15, 0.2) is 12.3 Å². The molecule has 0 spiro atoms. The van der Waals surface area contributed by atoms with Crippen molar-refractivity contribution < 1.29 is 0 Å². The number of nitrogens with zero attached hydrogens (tertiary/aromatic N) is 2. The zero-order chi connectivity index (χ0) is 13.2. The molecule has 3 atom stereocenters. The van der Waals surface area contributed by atoms with E-state index in [0.29, 0.717) is 11.8 Å². The van der Waals surface area contributed by atoms with E-state index >= 15 is 0 Å². The summed E-state index contributed by atoms with van der Waals surface area (Å²) in [5, 5.41) is 3.46. The summed E-state index contributed by atoms with van der Waals surface area (Å²) in [4.78, 5) is 9.34. The molecule has 0 radical (unpaired) electrons. The van der Waals surface area contributed by atoms with Crippen LogP contribution in [-0.2, 0) is 6.54 Å². The van der Waals surface area contributed by atoms with Crippen LogP contribution in [0.25, 0.3) is 0 Å². The maximum Gasteiger partial charge on any atom is 0.131 e. The van der Waals surface area contributed by atoms with Crippen molar-refractivity contribution in [1.29, 1.82) is 0 Å². The van der Waals surface area contributed by atoms with Gasteiger partial charge in [-0.05, 0) is 49.6 Å². The summed E-state index contributed by atoms with van der Waals surface area (Å²) < 4.78 is 0. The maximum atomic E-state index is 4.80. The molecule has 0 saturated heterocycles. The first-order chi connectivity index (χ1) is 9.22. The first-order valence-electron chi connectivity index (χ1n) is 7.75. The molecule has 19 heavy (non-hydrogen) atoms. The Morgan fingerprint density at radius 3 is 2.89 bits per heavy atom. The van der Waals surface area contributed by atoms with Gasteiger partial charge in [0.25, 0.3) is 0 Å². The van der Waals surface area contributed by atoms with Crippen molar-refractivity contribution in [2.45, 2.75) is 52.0 Å². The molecule has 0 amide bonds. The van der Waals surface area contributed by atoms with Gasteiger partial charge in [0.2, 0.25) is 0 Å². The lowest BCUT2D eigenvalue weighted by atomic mass is 9.88. The van der Waals surface area contributed by atoms with Gasteiger partial charge in [-0.25, -0.2) is 9.97 Å². The number of aromatic nitrogens is 2. The molecule has 2 aliphatic rings. The van der Waals surface area contributed by atoms with E-state index in [9.17, 15) is 0 Å². The molecule has 0 aromatic carbocycles. The smallest absolute Gasteiger partial charge is 0.131 e. The van der Waals surface area contributed by atoms with E-state index < -0.39 is 0 Å². The highest BCUT2D eigenvalue weighted by Crippen LogP contribution is 2.51. The SMILES string of the molecule is CC(C)CNCc1ccnc(C2CC3CCC2C3)n1. The lowest BCUT2D eigenvalue weighted by Gasteiger charge is -2.20. The van der Waals surface area contributed by atoms with Crippen LogP contribution in [0, 0.1) is 17.8 Å². The molecular formula is C16H25N3. The standard InChI is InChI=1S/C16H25N3/c1-11(2)9-17-10-14-5-6-18-16(19-14)15-8-12-3-4-13(15)7-12/h5-6,11-13,15,17H,3-4,7-10H2,1-2H3. The summed E-state index contributed by atoms with van der Waals surface area (Å²) in [6, 6.07) is 2.05. The minimum absolute atomic E-state index is 0.642. The van der Waals surface area contributed by atoms with Gasteiger partial charge in [0.15, 0.2) is 0 Å². The summed E-state index contributed by atoms with van der Waals surface area (Å²) in [6.45, 7) is 6.38. The molecule has 3 nitrogen and oxygen atoms in total. The van der Waals surface area contributed by atoms with Gasteiger partial charge < -0.3 is 5.32 Å². The minimum atomic E-state index is 0.642. The topological polar surface area (TPSA) is 37.8 Å². The Morgan fingerprint density at radius 2 is 2.21 bits per heavy atom. The highest BCUT2D eigenvalue weighted by molar-refractivity contribution is 5.11. The second kappa shape index (κ2) is 5.58. The fourth-order valence-electron chi connectivity index (χ4n) is 3.74. The van der Waals surface area contributed by atoms with E-state index in [4.69, 9.17) is 4.98 Å². The van der Waals surface area contributed by atoms with Crippen molar-refractivity contribution in [2.24, 2.45) is 17.8 Å². The molecule has 2 aliphatic carbocycles. The Balaban J connectivity index is 1.63. The van der Waals surface area contributed by atoms with E-state index in [0.717, 1.165) is 36.4 Å². The third-order valence-corrected chi connectivity index (χ3v) is 4.66. The largest absolute Gasteiger partial charge is 0.311 e. The van der Waals surface area contributed by atoms with Crippen molar-refractivity contribution in [3.63, 3.8) is 0 Å². The second-order valence-corrected chi connectivity index (χ2v) is 6.71. The molecule has 2 bridgehead atoms. The first-order valence-corrected chi connectivity index (χ1v) is 7.75. The molecule has 3 unspecified atom stereocenters. The molecule has 1 N–H and O–H groups in total. The first kappa shape index (κ1) is 13.0. The molecule has 1 aromatic heterocycles. The quantitative estimate of drug-likeness (QED) is 0.883. The van der Waals surface area contributed by atoms with Crippen LogP contribution in [0.3, 0.4) is 0 Å². The Bertz CT molecular complexity index is 430. The van der Waals surface area contributed by atoms with Crippen molar-refractivity contribution in [3.05, 3.63) is 23.8 Å². The summed E-state index contributed by atoms with van der Waals surface area (Å²) >= 11 is 0. The zero-order valence-corrected chi connectivity index (χ0v) is 12.1. The van der Waals surface area contributed by atoms with Crippen LogP contribution in [0.4, 0.5) is 0 Å². The molecule has 1 aromatic rings. The summed E-state index contributed by atoms with van der Waals surface area (Å²) in [5.41, 5.74) is 1.15. The third-order valence-electron chi connectivity index (χ3n) is 4.66. The van der Waals surface area contributed by atoms with E-state index in [1.165, 1.54) is 25.7 Å². The Kier molecular flexibility index (Phi) is 3.83. The Hall–Kier alpha value is -0.960. The van der Waals surface area contributed by atoms with Crippen LogP contribution >= 0.6 is 0 Å². The van der Waals surface area contributed by atoms with Gasteiger partial charge in [0.05, 0.1) is 5.69 Å². The van der Waals surface area contributed by atoms with Gasteiger partial charge >= 0.3 is 0 Å². The zero-order valence-electron chi connectivity index (χ0n) is 12.1. The lowest BCUT2D eigenvalue weighted by molar-refractivity contribution is 0.404. The average molecular weight is 259 g/mol. The van der Waals surface area contributed by atoms with Crippen LogP contribution in [0.1, 0.15) is 57.0 Å². The van der Waals surface area contributed by atoms with Crippen molar-refractivity contribution >= 4 is 0 Å². The van der Waals surface area contributed by atoms with Crippen molar-refractivity contribution in [2.75, 3.05) is 6.54 Å². The molecule has 2 saturated carbocycles. The fraction of sp³-hybridized carbons (Fsp3) is 0.750. The van der Waals surface area contributed by atoms with E-state index in [1.807, 2.05) is 12.3 Å². The molecular weight excluding hydrogens is 234 g/mol. The predicted molar refractivity (Wildman–Crippen MR) is 76.8 cm³/mol. The van der Waals surface area contributed by atoms with Crippen LogP contribution in [-0.4, -0.2) is 16.5 Å². The van der Waals surface area contributed by atoms with Gasteiger partial charge in [0, 0.05) is 18.7 Å². The van der Waals surface area contributed by atoms with Crippen LogP contribution in [0.5, 0.6) is 0 Å². The minimum Gasteiger partial charge on any atom is -0.311 e. The van der Waals surface area contributed by atoms with Crippen LogP contribution in [0.2, 0.25) is 0 Å². The molecule has 0 aliphatic heterocycles. The highest BCUT2D eigenvalue weighted by Gasteiger charge is 2.41. The van der Waals surface area contributed by atoms with Gasteiger partial charge in [-0.3, -0.25) is 0 Å². The Morgan fingerprint density at radius 1 is 1.32 bits per heavy atom. The number of fused-ring (bicyclic) bond motifs is 2. The molecule has 3 heteroatoms.